The number of hydrogen-bond donors (Lipinski definition) is 1. The Kier molecular flexibility index (Phi) is 5.37. The fraction of sp³-hybridized carbons (Fsp3) is 0.318. The molecule has 1 amide bonds. The summed E-state index contributed by atoms with van der Waals surface area (Å²) < 4.78 is 22.3. The van der Waals surface area contributed by atoms with Crippen LogP contribution in [-0.2, 0) is 4.79 Å². The smallest absolute Gasteiger partial charge is 0.244 e. The van der Waals surface area contributed by atoms with Crippen LogP contribution in [0.2, 0.25) is 0 Å². The minimum absolute atomic E-state index is 0.103. The third-order valence-electron chi connectivity index (χ3n) is 4.69. The van der Waals surface area contributed by atoms with E-state index in [-0.39, 0.29) is 11.9 Å². The van der Waals surface area contributed by atoms with E-state index in [0.29, 0.717) is 32.2 Å². The van der Waals surface area contributed by atoms with Crippen LogP contribution in [-0.4, -0.2) is 32.3 Å². The van der Waals surface area contributed by atoms with E-state index in [0.717, 1.165) is 34.8 Å². The van der Waals surface area contributed by atoms with Crippen molar-refractivity contribution < 1.29 is 23.7 Å². The van der Waals surface area contributed by atoms with Crippen LogP contribution in [0.3, 0.4) is 0 Å². The van der Waals surface area contributed by atoms with E-state index < -0.39 is 0 Å². The van der Waals surface area contributed by atoms with Gasteiger partial charge in [0.15, 0.2) is 23.0 Å². The van der Waals surface area contributed by atoms with Gasteiger partial charge in [0.2, 0.25) is 5.91 Å². The maximum absolute atomic E-state index is 12.4. The molecular weight excluding hydrogens is 358 g/mol. The van der Waals surface area contributed by atoms with Gasteiger partial charge in [-0.1, -0.05) is 19.1 Å². The number of nitrogens with one attached hydrogen (secondary N) is 1. The zero-order valence-electron chi connectivity index (χ0n) is 15.8. The topological polar surface area (TPSA) is 66.0 Å². The zero-order valence-corrected chi connectivity index (χ0v) is 15.8. The Morgan fingerprint density at radius 1 is 0.929 bits per heavy atom. The molecule has 2 aliphatic heterocycles. The molecule has 0 saturated carbocycles. The van der Waals surface area contributed by atoms with Gasteiger partial charge < -0.3 is 24.3 Å². The highest BCUT2D eigenvalue weighted by Gasteiger charge is 2.17. The lowest BCUT2D eigenvalue weighted by Gasteiger charge is -2.22. The Morgan fingerprint density at radius 3 is 2.21 bits per heavy atom. The summed E-state index contributed by atoms with van der Waals surface area (Å²) in [5, 5.41) is 3.04. The van der Waals surface area contributed by atoms with Crippen LogP contribution in [0, 0.1) is 0 Å². The molecule has 0 radical (unpaired) electrons. The summed E-state index contributed by atoms with van der Waals surface area (Å²) in [6.07, 6.45) is 4.07. The second-order valence-corrected chi connectivity index (χ2v) is 6.61. The molecule has 0 aliphatic carbocycles. The van der Waals surface area contributed by atoms with Crippen molar-refractivity contribution in [3.63, 3.8) is 0 Å². The molecule has 0 bridgehead atoms. The summed E-state index contributed by atoms with van der Waals surface area (Å²) >= 11 is 0. The Morgan fingerprint density at radius 2 is 1.54 bits per heavy atom. The van der Waals surface area contributed by atoms with E-state index in [4.69, 9.17) is 18.9 Å². The van der Waals surface area contributed by atoms with Crippen molar-refractivity contribution in [1.82, 2.24) is 5.32 Å². The Balaban J connectivity index is 1.42. The van der Waals surface area contributed by atoms with Crippen molar-refractivity contribution in [3.8, 4) is 23.0 Å². The number of ether oxygens (including phenoxy) is 4. The quantitative estimate of drug-likeness (QED) is 0.803. The van der Waals surface area contributed by atoms with Crippen molar-refractivity contribution >= 4 is 12.0 Å². The largest absolute Gasteiger partial charge is 0.486 e. The monoisotopic (exact) mass is 381 g/mol. The van der Waals surface area contributed by atoms with E-state index >= 15 is 0 Å². The van der Waals surface area contributed by atoms with Gasteiger partial charge in [0, 0.05) is 6.08 Å². The second kappa shape index (κ2) is 8.25. The predicted octanol–water partition coefficient (Wildman–Crippen LogP) is 3.51. The fourth-order valence-electron chi connectivity index (χ4n) is 3.25. The second-order valence-electron chi connectivity index (χ2n) is 6.61. The molecule has 0 fully saturated rings. The molecule has 0 spiro atoms. The number of amides is 1. The van der Waals surface area contributed by atoms with Gasteiger partial charge in [-0.3, -0.25) is 4.79 Å². The van der Waals surface area contributed by atoms with Crippen LogP contribution in [0.5, 0.6) is 23.0 Å². The van der Waals surface area contributed by atoms with Crippen LogP contribution in [0.4, 0.5) is 0 Å². The summed E-state index contributed by atoms with van der Waals surface area (Å²) in [6, 6.07) is 11.3. The Bertz CT molecular complexity index is 892. The number of carbonyl (C=O) groups is 1. The fourth-order valence-corrected chi connectivity index (χ4v) is 3.25. The highest BCUT2D eigenvalue weighted by molar-refractivity contribution is 5.92. The minimum atomic E-state index is -0.156. The van der Waals surface area contributed by atoms with Gasteiger partial charge in [-0.25, -0.2) is 0 Å². The zero-order chi connectivity index (χ0) is 19.3. The molecule has 28 heavy (non-hydrogen) atoms. The number of hydrogen-bond acceptors (Lipinski definition) is 5. The van der Waals surface area contributed by atoms with Gasteiger partial charge >= 0.3 is 0 Å². The molecule has 146 valence electrons. The summed E-state index contributed by atoms with van der Waals surface area (Å²) in [4.78, 5) is 12.4. The molecule has 6 nitrogen and oxygen atoms in total. The Labute approximate surface area is 164 Å². The van der Waals surface area contributed by atoms with Crippen LogP contribution >= 0.6 is 0 Å². The average molecular weight is 381 g/mol. The lowest BCUT2D eigenvalue weighted by Crippen LogP contribution is -2.26. The molecule has 1 atom stereocenters. The Hall–Kier alpha value is -3.15. The first kappa shape index (κ1) is 18.2. The molecular formula is C22H23NO5. The van der Waals surface area contributed by atoms with E-state index in [1.807, 2.05) is 43.3 Å². The molecule has 6 heteroatoms. The van der Waals surface area contributed by atoms with Crippen LogP contribution in [0.25, 0.3) is 6.08 Å². The highest BCUT2D eigenvalue weighted by atomic mass is 16.6. The van der Waals surface area contributed by atoms with Gasteiger partial charge in [-0.15, -0.1) is 0 Å². The van der Waals surface area contributed by atoms with Gasteiger partial charge in [0.25, 0.3) is 0 Å². The highest BCUT2D eigenvalue weighted by Crippen LogP contribution is 2.33. The van der Waals surface area contributed by atoms with E-state index in [1.165, 1.54) is 6.08 Å². The van der Waals surface area contributed by atoms with Crippen molar-refractivity contribution in [1.29, 1.82) is 0 Å². The average Bonchev–Trinajstić information content (AvgIpc) is 2.75. The van der Waals surface area contributed by atoms with E-state index in [9.17, 15) is 4.79 Å². The van der Waals surface area contributed by atoms with Crippen molar-refractivity contribution in [2.45, 2.75) is 19.4 Å². The van der Waals surface area contributed by atoms with Gasteiger partial charge in [0.1, 0.15) is 26.4 Å². The molecule has 1 N–H and O–H groups in total. The van der Waals surface area contributed by atoms with E-state index in [2.05, 4.69) is 5.32 Å². The van der Waals surface area contributed by atoms with Crippen LogP contribution < -0.4 is 24.3 Å². The number of fused-ring (bicyclic) bond motifs is 2. The van der Waals surface area contributed by atoms with Gasteiger partial charge in [0.05, 0.1) is 6.04 Å². The molecule has 4 rings (SSSR count). The summed E-state index contributed by atoms with van der Waals surface area (Å²) in [5.41, 5.74) is 1.87. The SMILES string of the molecule is CCC(NC(=O)/C=C/c1ccc2c(c1)OCCO2)c1ccc2c(c1)OCCO2. The molecule has 2 aliphatic rings. The molecule has 1 unspecified atom stereocenters. The third kappa shape index (κ3) is 4.06. The van der Waals surface area contributed by atoms with Crippen molar-refractivity contribution in [2.24, 2.45) is 0 Å². The third-order valence-corrected chi connectivity index (χ3v) is 4.69. The van der Waals surface area contributed by atoms with Crippen LogP contribution in [0.1, 0.15) is 30.5 Å². The van der Waals surface area contributed by atoms with Crippen LogP contribution in [0.15, 0.2) is 42.5 Å². The molecule has 2 aromatic carbocycles. The maximum Gasteiger partial charge on any atom is 0.244 e. The first-order chi connectivity index (χ1) is 13.7. The number of benzene rings is 2. The summed E-state index contributed by atoms with van der Waals surface area (Å²) in [6.45, 7) is 4.23. The lowest BCUT2D eigenvalue weighted by molar-refractivity contribution is -0.117. The maximum atomic E-state index is 12.4. The van der Waals surface area contributed by atoms with Crippen molar-refractivity contribution in [3.05, 3.63) is 53.6 Å². The first-order valence-corrected chi connectivity index (χ1v) is 9.50. The summed E-state index contributed by atoms with van der Waals surface area (Å²) in [5.74, 6) is 2.75. The predicted molar refractivity (Wildman–Crippen MR) is 105 cm³/mol. The number of rotatable bonds is 5. The summed E-state index contributed by atoms with van der Waals surface area (Å²) in [7, 11) is 0. The number of carbonyl (C=O) groups excluding carboxylic acids is 1. The molecule has 2 heterocycles. The molecule has 0 aromatic heterocycles. The standard InChI is InChI=1S/C22H23NO5/c1-2-17(16-5-7-19-21(14-16)28-12-10-26-19)23-22(24)8-4-15-3-6-18-20(13-15)27-11-9-25-18/h3-8,13-14,17H,2,9-12H2,1H3,(H,23,24)/b8-4+. The minimum Gasteiger partial charge on any atom is -0.486 e. The van der Waals surface area contributed by atoms with Crippen molar-refractivity contribution in [2.75, 3.05) is 26.4 Å². The van der Waals surface area contributed by atoms with E-state index in [1.54, 1.807) is 6.08 Å². The van der Waals surface area contributed by atoms with Gasteiger partial charge in [-0.05, 0) is 47.9 Å². The normalized spacial score (nSPS) is 15.9. The molecule has 0 saturated heterocycles. The first-order valence-electron chi connectivity index (χ1n) is 9.50. The lowest BCUT2D eigenvalue weighted by atomic mass is 10.0. The molecule has 2 aromatic rings. The van der Waals surface area contributed by atoms with Gasteiger partial charge in [-0.2, -0.15) is 0 Å².